The summed E-state index contributed by atoms with van der Waals surface area (Å²) in [6.45, 7) is 1.78. The first kappa shape index (κ1) is 19.9. The van der Waals surface area contributed by atoms with E-state index < -0.39 is 36.4 Å². The summed E-state index contributed by atoms with van der Waals surface area (Å²) < 4.78 is 15.9. The van der Waals surface area contributed by atoms with Crippen molar-refractivity contribution in [1.82, 2.24) is 4.90 Å². The van der Waals surface area contributed by atoms with Gasteiger partial charge in [0.1, 0.15) is 19.3 Å². The first-order chi connectivity index (χ1) is 14.5. The van der Waals surface area contributed by atoms with E-state index in [1.165, 1.54) is 6.92 Å². The number of rotatable bonds is 5. The Balaban J connectivity index is 1.31. The molecule has 0 aromatic heterocycles. The number of fused-ring (bicyclic) bond motifs is 2. The zero-order valence-corrected chi connectivity index (χ0v) is 16.5. The first-order valence-electron chi connectivity index (χ1n) is 9.83. The van der Waals surface area contributed by atoms with Crippen molar-refractivity contribution in [1.29, 1.82) is 0 Å². The van der Waals surface area contributed by atoms with Crippen LogP contribution in [-0.4, -0.2) is 54.5 Å². The van der Waals surface area contributed by atoms with Crippen molar-refractivity contribution in [2.24, 2.45) is 11.8 Å². The van der Waals surface area contributed by atoms with Gasteiger partial charge in [0.05, 0.1) is 11.8 Å². The zero-order chi connectivity index (χ0) is 21.3. The molecule has 0 bridgehead atoms. The van der Waals surface area contributed by atoms with Gasteiger partial charge < -0.3 is 19.5 Å². The summed E-state index contributed by atoms with van der Waals surface area (Å²) in [4.78, 5) is 50.6. The molecule has 1 fully saturated rings. The van der Waals surface area contributed by atoms with Crippen LogP contribution < -0.4 is 14.8 Å². The van der Waals surface area contributed by atoms with Crippen LogP contribution in [0.1, 0.15) is 19.8 Å². The standard InChI is InChI=1S/C21H22N2O7/c1-12(23-19(25)14-4-2-3-5-15(14)20(23)26)21(27)30-11-18(24)22-13-6-7-16-17(10-13)29-9-8-28-16/h2-3,6-7,10,12,14-15H,4-5,8-9,11H2,1H3,(H,22,24)/t12-,14-,15+/m0/s1. The van der Waals surface area contributed by atoms with Crippen LogP contribution in [-0.2, 0) is 23.9 Å². The average molecular weight is 414 g/mol. The number of amides is 3. The van der Waals surface area contributed by atoms with Crippen LogP contribution >= 0.6 is 0 Å². The molecule has 2 heterocycles. The van der Waals surface area contributed by atoms with Crippen LogP contribution in [0.2, 0.25) is 0 Å². The number of nitrogens with zero attached hydrogens (tertiary/aromatic N) is 1. The van der Waals surface area contributed by atoms with E-state index in [4.69, 9.17) is 14.2 Å². The summed E-state index contributed by atoms with van der Waals surface area (Å²) >= 11 is 0. The molecule has 1 N–H and O–H groups in total. The second-order valence-corrected chi connectivity index (χ2v) is 7.39. The number of imide groups is 1. The van der Waals surface area contributed by atoms with E-state index in [1.54, 1.807) is 18.2 Å². The second-order valence-electron chi connectivity index (χ2n) is 7.39. The van der Waals surface area contributed by atoms with Gasteiger partial charge in [0.25, 0.3) is 5.91 Å². The fraction of sp³-hybridized carbons (Fsp3) is 0.429. The van der Waals surface area contributed by atoms with Crippen molar-refractivity contribution in [3.63, 3.8) is 0 Å². The van der Waals surface area contributed by atoms with Gasteiger partial charge in [-0.15, -0.1) is 0 Å². The summed E-state index contributed by atoms with van der Waals surface area (Å²) in [5, 5.41) is 2.61. The highest BCUT2D eigenvalue weighted by atomic mass is 16.6. The van der Waals surface area contributed by atoms with E-state index >= 15 is 0 Å². The monoisotopic (exact) mass is 414 g/mol. The lowest BCUT2D eigenvalue weighted by Crippen LogP contribution is -2.45. The van der Waals surface area contributed by atoms with E-state index in [2.05, 4.69) is 5.32 Å². The van der Waals surface area contributed by atoms with E-state index in [0.29, 0.717) is 43.2 Å². The van der Waals surface area contributed by atoms with Gasteiger partial charge in [-0.05, 0) is 31.9 Å². The van der Waals surface area contributed by atoms with Crippen LogP contribution in [0.5, 0.6) is 11.5 Å². The van der Waals surface area contributed by atoms with E-state index in [0.717, 1.165) is 4.90 Å². The molecule has 3 amide bonds. The molecular formula is C21H22N2O7. The third-order valence-corrected chi connectivity index (χ3v) is 5.44. The highest BCUT2D eigenvalue weighted by Gasteiger charge is 2.50. The number of likely N-dealkylation sites (tertiary alicyclic amines) is 1. The first-order valence-corrected chi connectivity index (χ1v) is 9.83. The highest BCUT2D eigenvalue weighted by Crippen LogP contribution is 2.36. The van der Waals surface area contributed by atoms with E-state index in [-0.39, 0.29) is 11.8 Å². The molecule has 1 aromatic carbocycles. The summed E-state index contributed by atoms with van der Waals surface area (Å²) in [7, 11) is 0. The molecule has 1 aromatic rings. The molecule has 0 radical (unpaired) electrons. The fourth-order valence-electron chi connectivity index (χ4n) is 3.89. The van der Waals surface area contributed by atoms with E-state index in [1.807, 2.05) is 12.2 Å². The average Bonchev–Trinajstić information content (AvgIpc) is 3.02. The molecule has 158 valence electrons. The van der Waals surface area contributed by atoms with Crippen molar-refractivity contribution in [2.45, 2.75) is 25.8 Å². The van der Waals surface area contributed by atoms with Crippen molar-refractivity contribution in [3.05, 3.63) is 30.4 Å². The minimum atomic E-state index is -1.09. The number of hydrogen-bond acceptors (Lipinski definition) is 7. The number of allylic oxidation sites excluding steroid dienone is 2. The van der Waals surface area contributed by atoms with Gasteiger partial charge in [0.15, 0.2) is 18.1 Å². The number of ether oxygens (including phenoxy) is 3. The molecule has 2 aliphatic heterocycles. The van der Waals surface area contributed by atoms with Crippen LogP contribution in [0, 0.1) is 11.8 Å². The lowest BCUT2D eigenvalue weighted by molar-refractivity contribution is -0.159. The maximum Gasteiger partial charge on any atom is 0.329 e. The Hall–Kier alpha value is -3.36. The third-order valence-electron chi connectivity index (χ3n) is 5.44. The topological polar surface area (TPSA) is 111 Å². The maximum atomic E-state index is 12.6. The number of carbonyl (C=O) groups is 4. The Bertz CT molecular complexity index is 900. The SMILES string of the molecule is C[C@@H](C(=O)OCC(=O)Nc1ccc2c(c1)OCCO2)N1C(=O)[C@H]2CC=CC[C@H]2C1=O. The van der Waals surface area contributed by atoms with Gasteiger partial charge in [-0.25, -0.2) is 4.79 Å². The predicted octanol–water partition coefficient (Wildman–Crippen LogP) is 1.28. The minimum absolute atomic E-state index is 0.362. The van der Waals surface area contributed by atoms with Gasteiger partial charge in [0.2, 0.25) is 11.8 Å². The number of anilines is 1. The molecule has 9 heteroatoms. The quantitative estimate of drug-likeness (QED) is 0.439. The maximum absolute atomic E-state index is 12.6. The van der Waals surface area contributed by atoms with Gasteiger partial charge in [0, 0.05) is 11.8 Å². The molecule has 3 aliphatic rings. The van der Waals surface area contributed by atoms with Crippen molar-refractivity contribution in [3.8, 4) is 11.5 Å². The molecule has 9 nitrogen and oxygen atoms in total. The summed E-state index contributed by atoms with van der Waals surface area (Å²) in [5.41, 5.74) is 0.467. The second kappa shape index (κ2) is 8.17. The highest BCUT2D eigenvalue weighted by molar-refractivity contribution is 6.08. The molecule has 1 aliphatic carbocycles. The molecule has 3 atom stereocenters. The Morgan fingerprint density at radius 3 is 2.40 bits per heavy atom. The molecule has 0 unspecified atom stereocenters. The largest absolute Gasteiger partial charge is 0.486 e. The van der Waals surface area contributed by atoms with Crippen molar-refractivity contribution in [2.75, 3.05) is 25.1 Å². The van der Waals surface area contributed by atoms with Gasteiger partial charge in [-0.1, -0.05) is 12.2 Å². The molecule has 0 saturated carbocycles. The number of carbonyl (C=O) groups excluding carboxylic acids is 4. The van der Waals surface area contributed by atoms with Gasteiger partial charge in [-0.3, -0.25) is 19.3 Å². The van der Waals surface area contributed by atoms with Gasteiger partial charge in [-0.2, -0.15) is 0 Å². The molecule has 1 saturated heterocycles. The van der Waals surface area contributed by atoms with Crippen LogP contribution in [0.25, 0.3) is 0 Å². The molecular weight excluding hydrogens is 392 g/mol. The number of nitrogens with one attached hydrogen (secondary N) is 1. The Kier molecular flexibility index (Phi) is 5.43. The minimum Gasteiger partial charge on any atom is -0.486 e. The third kappa shape index (κ3) is 3.74. The Labute approximate surface area is 172 Å². The lowest BCUT2D eigenvalue weighted by Gasteiger charge is -2.21. The smallest absolute Gasteiger partial charge is 0.329 e. The molecule has 4 rings (SSSR count). The van der Waals surface area contributed by atoms with Crippen LogP contribution in [0.4, 0.5) is 5.69 Å². The predicted molar refractivity (Wildman–Crippen MR) is 104 cm³/mol. The van der Waals surface area contributed by atoms with Crippen LogP contribution in [0.15, 0.2) is 30.4 Å². The number of esters is 1. The van der Waals surface area contributed by atoms with Gasteiger partial charge >= 0.3 is 5.97 Å². The summed E-state index contributed by atoms with van der Waals surface area (Å²) in [5.74, 6) is -1.81. The molecule has 0 spiro atoms. The van der Waals surface area contributed by atoms with Crippen LogP contribution in [0.3, 0.4) is 0 Å². The normalized spacial score (nSPS) is 23.0. The Morgan fingerprint density at radius 1 is 1.10 bits per heavy atom. The number of hydrogen-bond donors (Lipinski definition) is 1. The van der Waals surface area contributed by atoms with Crippen molar-refractivity contribution < 1.29 is 33.4 Å². The summed E-state index contributed by atoms with van der Waals surface area (Å²) in [6.07, 6.45) is 4.74. The van der Waals surface area contributed by atoms with Crippen molar-refractivity contribution >= 4 is 29.4 Å². The molecule has 30 heavy (non-hydrogen) atoms. The Morgan fingerprint density at radius 2 is 1.73 bits per heavy atom. The van der Waals surface area contributed by atoms with E-state index in [9.17, 15) is 19.2 Å². The fourth-order valence-corrected chi connectivity index (χ4v) is 3.89. The lowest BCUT2D eigenvalue weighted by atomic mass is 9.85. The summed E-state index contributed by atoms with van der Waals surface area (Å²) in [6, 6.07) is 3.86. The zero-order valence-electron chi connectivity index (χ0n) is 16.5. The number of benzene rings is 1.